The molecule has 9 heteroatoms. The van der Waals surface area contributed by atoms with Crippen LogP contribution in [-0.4, -0.2) is 24.5 Å². The highest BCUT2D eigenvalue weighted by molar-refractivity contribution is 9.10. The minimum atomic E-state index is -0.475. The number of nitrogens with zero attached hydrogens (tertiary/aromatic N) is 5. The van der Waals surface area contributed by atoms with E-state index < -0.39 is 6.10 Å². The number of halogens is 2. The van der Waals surface area contributed by atoms with Crippen molar-refractivity contribution < 1.29 is 9.13 Å². The molecule has 3 aromatic heterocycles. The maximum atomic E-state index is 14.3. The predicted molar refractivity (Wildman–Crippen MR) is 124 cm³/mol. The Morgan fingerprint density at radius 1 is 1.28 bits per heavy atom. The summed E-state index contributed by atoms with van der Waals surface area (Å²) in [5.74, 6) is 0.383. The first-order valence-corrected chi connectivity index (χ1v) is 11.1. The van der Waals surface area contributed by atoms with Crippen molar-refractivity contribution in [1.82, 2.24) is 24.5 Å². The van der Waals surface area contributed by atoms with Crippen LogP contribution in [0, 0.1) is 5.82 Å². The molecule has 0 radical (unpaired) electrons. The third kappa shape index (κ3) is 3.37. The van der Waals surface area contributed by atoms with Gasteiger partial charge in [-0.1, -0.05) is 0 Å². The van der Waals surface area contributed by atoms with Crippen LogP contribution in [0.4, 0.5) is 10.2 Å². The second-order valence-electron chi connectivity index (χ2n) is 7.89. The predicted octanol–water partition coefficient (Wildman–Crippen LogP) is 4.89. The van der Waals surface area contributed by atoms with Crippen molar-refractivity contribution in [2.45, 2.75) is 32.9 Å². The summed E-state index contributed by atoms with van der Waals surface area (Å²) in [6.07, 6.45) is 3.84. The van der Waals surface area contributed by atoms with Crippen molar-refractivity contribution in [2.24, 2.45) is 7.05 Å². The van der Waals surface area contributed by atoms with Crippen molar-refractivity contribution in [3.63, 3.8) is 0 Å². The second-order valence-corrected chi connectivity index (χ2v) is 8.64. The van der Waals surface area contributed by atoms with Gasteiger partial charge in [0.15, 0.2) is 11.6 Å². The Morgan fingerprint density at radius 2 is 2.09 bits per heavy atom. The molecule has 164 valence electrons. The Bertz CT molecular complexity index is 1340. The van der Waals surface area contributed by atoms with Crippen LogP contribution in [0.15, 0.2) is 41.3 Å². The van der Waals surface area contributed by atoms with E-state index in [4.69, 9.17) is 15.6 Å². The van der Waals surface area contributed by atoms with Gasteiger partial charge in [-0.15, -0.1) is 0 Å². The van der Waals surface area contributed by atoms with Crippen LogP contribution in [0.3, 0.4) is 0 Å². The van der Waals surface area contributed by atoms with Crippen molar-refractivity contribution in [3.05, 3.63) is 63.8 Å². The third-order valence-corrected chi connectivity index (χ3v) is 6.38. The molecule has 32 heavy (non-hydrogen) atoms. The largest absolute Gasteiger partial charge is 0.482 e. The molecule has 2 bridgehead atoms. The van der Waals surface area contributed by atoms with Crippen LogP contribution < -0.4 is 10.5 Å². The zero-order valence-electron chi connectivity index (χ0n) is 17.9. The average Bonchev–Trinajstić information content (AvgIpc) is 3.28. The van der Waals surface area contributed by atoms with E-state index in [0.717, 1.165) is 38.2 Å². The quantitative estimate of drug-likeness (QED) is 0.405. The molecule has 2 N–H and O–H groups in total. The molecule has 0 saturated heterocycles. The third-order valence-electron chi connectivity index (χ3n) is 5.74. The lowest BCUT2D eigenvalue weighted by Crippen LogP contribution is -2.10. The van der Waals surface area contributed by atoms with Crippen molar-refractivity contribution in [1.29, 1.82) is 0 Å². The van der Waals surface area contributed by atoms with E-state index in [1.165, 1.54) is 12.1 Å². The number of hydrogen-bond acceptors (Lipinski definition) is 5. The normalized spacial score (nSPS) is 15.1. The number of nitrogens with two attached hydrogens (primary N) is 1. The number of benzene rings is 1. The Labute approximate surface area is 193 Å². The fourth-order valence-electron chi connectivity index (χ4n) is 4.28. The molecule has 7 nitrogen and oxygen atoms in total. The molecule has 4 heterocycles. The topological polar surface area (TPSA) is 83.8 Å². The van der Waals surface area contributed by atoms with Gasteiger partial charge >= 0.3 is 0 Å². The number of rotatable bonds is 1. The first kappa shape index (κ1) is 20.7. The molecule has 5 rings (SSSR count). The number of nitrogen functional groups attached to an aromatic ring is 1. The van der Waals surface area contributed by atoms with Gasteiger partial charge in [-0.2, -0.15) is 10.2 Å². The zero-order valence-corrected chi connectivity index (χ0v) is 19.5. The summed E-state index contributed by atoms with van der Waals surface area (Å²) >= 11 is 3.65. The molecule has 1 aromatic carbocycles. The molecular weight excluding hydrogens is 475 g/mol. The Balaban J connectivity index is 1.84. The van der Waals surface area contributed by atoms with Gasteiger partial charge in [-0.3, -0.25) is 9.36 Å². The Morgan fingerprint density at radius 3 is 2.88 bits per heavy atom. The highest BCUT2D eigenvalue weighted by Crippen LogP contribution is 2.40. The van der Waals surface area contributed by atoms with Gasteiger partial charge in [-0.25, -0.2) is 9.37 Å². The number of fused-ring (bicyclic) bond motifs is 7. The first-order chi connectivity index (χ1) is 15.4. The molecule has 0 aliphatic carbocycles. The number of pyridine rings is 1. The lowest BCUT2D eigenvalue weighted by Gasteiger charge is -2.21. The van der Waals surface area contributed by atoms with Gasteiger partial charge in [0.05, 0.1) is 11.4 Å². The molecule has 0 amide bonds. The van der Waals surface area contributed by atoms with E-state index in [1.807, 2.05) is 37.8 Å². The number of ether oxygens (including phenoxy) is 1. The van der Waals surface area contributed by atoms with Crippen molar-refractivity contribution in [2.75, 3.05) is 5.73 Å². The van der Waals surface area contributed by atoms with Crippen LogP contribution in [-0.2, 0) is 20.0 Å². The first-order valence-electron chi connectivity index (χ1n) is 10.4. The summed E-state index contributed by atoms with van der Waals surface area (Å²) in [4.78, 5) is 4.37. The molecule has 0 fully saturated rings. The molecule has 1 aliphatic heterocycles. The molecule has 1 atom stereocenters. The average molecular weight is 497 g/mol. The van der Waals surface area contributed by atoms with Gasteiger partial charge in [0.1, 0.15) is 16.5 Å². The van der Waals surface area contributed by atoms with Gasteiger partial charge in [-0.05, 0) is 54.0 Å². The van der Waals surface area contributed by atoms with Gasteiger partial charge in [0.2, 0.25) is 0 Å². The molecule has 4 aromatic rings. The number of anilines is 1. The number of aryl methyl sites for hydroxylation is 2. The van der Waals surface area contributed by atoms with Crippen LogP contribution in [0.25, 0.3) is 22.5 Å². The van der Waals surface area contributed by atoms with Crippen LogP contribution in [0.5, 0.6) is 5.75 Å². The van der Waals surface area contributed by atoms with E-state index in [0.29, 0.717) is 24.3 Å². The standard InChI is InChI=1S/C23H22BrFN6O/c1-4-31-21-13-8-19(23(26)27-10-13)32-12(2)17-9-15(25)5-6-16(17)20-14(11-30(3)28-20)7-18(21)22(24)29-31/h5-6,8-12H,4,7H2,1-3H3,(H2,26,27)/t12-/m1/s1. The molecule has 1 aliphatic rings. The van der Waals surface area contributed by atoms with Crippen molar-refractivity contribution >= 4 is 21.7 Å². The minimum absolute atomic E-state index is 0.275. The van der Waals surface area contributed by atoms with Crippen LogP contribution >= 0.6 is 15.9 Å². The molecule has 0 saturated carbocycles. The zero-order chi connectivity index (χ0) is 22.6. The summed E-state index contributed by atoms with van der Waals surface area (Å²) in [5, 5.41) is 9.40. The SMILES string of the molecule is CCn1nc(Br)c2c1-c1cnc(N)c(c1)O[C@H](C)c1cc(F)ccc1-c1nn(C)cc1C2. The van der Waals surface area contributed by atoms with Gasteiger partial charge in [0, 0.05) is 60.2 Å². The van der Waals surface area contributed by atoms with E-state index in [1.54, 1.807) is 16.9 Å². The number of hydrogen-bond donors (Lipinski definition) is 1. The van der Waals surface area contributed by atoms with E-state index in [-0.39, 0.29) is 11.6 Å². The summed E-state index contributed by atoms with van der Waals surface area (Å²) in [6, 6.07) is 6.57. The van der Waals surface area contributed by atoms with Crippen molar-refractivity contribution in [3.8, 4) is 28.3 Å². The van der Waals surface area contributed by atoms with Gasteiger partial charge < -0.3 is 10.5 Å². The lowest BCUT2D eigenvalue weighted by atomic mass is 9.95. The summed E-state index contributed by atoms with van der Waals surface area (Å²) in [6.45, 7) is 4.60. The monoisotopic (exact) mass is 496 g/mol. The Hall–Kier alpha value is -3.20. The molecule has 0 spiro atoms. The number of aromatic nitrogens is 5. The van der Waals surface area contributed by atoms with E-state index in [9.17, 15) is 4.39 Å². The fourth-order valence-corrected chi connectivity index (χ4v) is 4.80. The molecule has 0 unspecified atom stereocenters. The lowest BCUT2D eigenvalue weighted by molar-refractivity contribution is 0.227. The maximum Gasteiger partial charge on any atom is 0.166 e. The summed E-state index contributed by atoms with van der Waals surface area (Å²) in [5.41, 5.74) is 12.3. The van der Waals surface area contributed by atoms with Crippen LogP contribution in [0.2, 0.25) is 0 Å². The van der Waals surface area contributed by atoms with E-state index >= 15 is 0 Å². The second kappa shape index (κ2) is 7.74. The summed E-state index contributed by atoms with van der Waals surface area (Å²) < 4.78 is 25.0. The highest BCUT2D eigenvalue weighted by atomic mass is 79.9. The fraction of sp³-hybridized carbons (Fsp3) is 0.261. The minimum Gasteiger partial charge on any atom is -0.482 e. The smallest absolute Gasteiger partial charge is 0.166 e. The van der Waals surface area contributed by atoms with Crippen LogP contribution in [0.1, 0.15) is 36.6 Å². The summed E-state index contributed by atoms with van der Waals surface area (Å²) in [7, 11) is 1.88. The molecular formula is C23H22BrFN6O. The highest BCUT2D eigenvalue weighted by Gasteiger charge is 2.25. The Kier molecular flexibility index (Phi) is 5.00. The van der Waals surface area contributed by atoms with E-state index in [2.05, 4.69) is 26.0 Å². The maximum absolute atomic E-state index is 14.3. The van der Waals surface area contributed by atoms with Gasteiger partial charge in [0.25, 0.3) is 0 Å².